The summed E-state index contributed by atoms with van der Waals surface area (Å²) in [5.41, 5.74) is 1.43. The smallest absolute Gasteiger partial charge is 0.328 e. The molecule has 1 aromatic carbocycles. The molecule has 1 aliphatic heterocycles. The van der Waals surface area contributed by atoms with Gasteiger partial charge >= 0.3 is 5.69 Å². The Morgan fingerprint density at radius 2 is 2.25 bits per heavy atom. The lowest BCUT2D eigenvalue weighted by Gasteiger charge is -2.02. The van der Waals surface area contributed by atoms with Crippen LogP contribution in [0.4, 0.5) is 10.1 Å². The summed E-state index contributed by atoms with van der Waals surface area (Å²) in [4.78, 5) is 18.0. The van der Waals surface area contributed by atoms with Crippen molar-refractivity contribution in [3.63, 3.8) is 0 Å². The number of benzene rings is 1. The monoisotopic (exact) mass is 293 g/mol. The van der Waals surface area contributed by atoms with Gasteiger partial charge in [0.2, 0.25) is 5.88 Å². The van der Waals surface area contributed by atoms with Gasteiger partial charge in [0.05, 0.1) is 5.69 Å². The number of halogens is 2. The third-order valence-electron chi connectivity index (χ3n) is 3.12. The fourth-order valence-corrected chi connectivity index (χ4v) is 2.22. The summed E-state index contributed by atoms with van der Waals surface area (Å²) in [6, 6.07) is 2.80. The van der Waals surface area contributed by atoms with Gasteiger partial charge in [-0.25, -0.2) is 9.18 Å². The van der Waals surface area contributed by atoms with E-state index in [0.717, 1.165) is 4.57 Å². The molecule has 0 amide bonds. The minimum absolute atomic E-state index is 0.0482. The second kappa shape index (κ2) is 4.35. The molecule has 2 N–H and O–H groups in total. The van der Waals surface area contributed by atoms with Crippen molar-refractivity contribution in [3.8, 4) is 5.88 Å². The fourth-order valence-electron chi connectivity index (χ4n) is 2.01. The number of H-pyrrole nitrogens is 1. The van der Waals surface area contributed by atoms with Crippen molar-refractivity contribution in [2.75, 3.05) is 0 Å². The Hall–Kier alpha value is -2.34. The van der Waals surface area contributed by atoms with E-state index in [1.54, 1.807) is 12.1 Å². The van der Waals surface area contributed by atoms with Crippen LogP contribution < -0.4 is 5.69 Å². The van der Waals surface area contributed by atoms with Gasteiger partial charge in [-0.05, 0) is 18.2 Å². The molecule has 0 bridgehead atoms. The van der Waals surface area contributed by atoms with Crippen molar-refractivity contribution in [2.24, 2.45) is 12.0 Å². The second-order valence-corrected chi connectivity index (χ2v) is 4.72. The molecule has 3 rings (SSSR count). The van der Waals surface area contributed by atoms with Crippen LogP contribution in [0.1, 0.15) is 11.3 Å². The highest BCUT2D eigenvalue weighted by molar-refractivity contribution is 6.35. The SMILES string of the molecule is Cn1c(O)c(C=C2C=Nc3c2ccc(F)c3Cl)[nH]c1=O. The summed E-state index contributed by atoms with van der Waals surface area (Å²) in [6.45, 7) is 0. The van der Waals surface area contributed by atoms with Crippen LogP contribution >= 0.6 is 11.6 Å². The van der Waals surface area contributed by atoms with E-state index < -0.39 is 11.5 Å². The Balaban J connectivity index is 2.14. The third kappa shape index (κ3) is 1.77. The second-order valence-electron chi connectivity index (χ2n) is 4.34. The molecular formula is C13H9ClFN3O2. The molecule has 0 aliphatic carbocycles. The van der Waals surface area contributed by atoms with Gasteiger partial charge in [-0.2, -0.15) is 0 Å². The minimum Gasteiger partial charge on any atom is -0.493 e. The molecule has 0 atom stereocenters. The van der Waals surface area contributed by atoms with Gasteiger partial charge in [0.1, 0.15) is 16.5 Å². The standard InChI is InChI=1S/C13H9ClFN3O2/c1-18-12(19)9(17-13(18)20)4-6-5-16-11-7(6)2-3-8(15)10(11)14/h2-5,19H,1H3,(H,17,20). The van der Waals surface area contributed by atoms with Crippen LogP contribution in [0.2, 0.25) is 5.02 Å². The number of fused-ring (bicyclic) bond motifs is 1. The lowest BCUT2D eigenvalue weighted by molar-refractivity contribution is 0.428. The molecule has 0 spiro atoms. The van der Waals surface area contributed by atoms with Gasteiger partial charge in [-0.1, -0.05) is 11.6 Å². The maximum atomic E-state index is 13.3. The van der Waals surface area contributed by atoms with E-state index in [1.807, 2.05) is 0 Å². The molecule has 2 aromatic rings. The van der Waals surface area contributed by atoms with E-state index in [9.17, 15) is 14.3 Å². The molecule has 0 unspecified atom stereocenters. The van der Waals surface area contributed by atoms with Crippen molar-refractivity contribution >= 4 is 35.2 Å². The molecule has 0 radical (unpaired) electrons. The van der Waals surface area contributed by atoms with Crippen molar-refractivity contribution < 1.29 is 9.50 Å². The number of nitrogens with zero attached hydrogens (tertiary/aromatic N) is 2. The molecular weight excluding hydrogens is 285 g/mol. The summed E-state index contributed by atoms with van der Waals surface area (Å²) in [5, 5.41) is 9.73. The number of rotatable bonds is 1. The molecule has 102 valence electrons. The van der Waals surface area contributed by atoms with Crippen LogP contribution in [0.15, 0.2) is 21.9 Å². The maximum Gasteiger partial charge on any atom is 0.328 e. The van der Waals surface area contributed by atoms with Crippen molar-refractivity contribution in [2.45, 2.75) is 0 Å². The van der Waals surface area contributed by atoms with Crippen molar-refractivity contribution in [3.05, 3.63) is 44.7 Å². The molecule has 20 heavy (non-hydrogen) atoms. The first-order chi connectivity index (χ1) is 9.49. The van der Waals surface area contributed by atoms with Crippen molar-refractivity contribution in [1.29, 1.82) is 0 Å². The first-order valence-corrected chi connectivity index (χ1v) is 6.09. The Labute approximate surface area is 117 Å². The van der Waals surface area contributed by atoms with E-state index in [1.165, 1.54) is 19.3 Å². The van der Waals surface area contributed by atoms with Gasteiger partial charge in [0, 0.05) is 24.4 Å². The summed E-state index contributed by atoms with van der Waals surface area (Å²) in [6.07, 6.45) is 3.06. The Kier molecular flexibility index (Phi) is 2.76. The Morgan fingerprint density at radius 3 is 2.90 bits per heavy atom. The zero-order valence-electron chi connectivity index (χ0n) is 10.3. The van der Waals surface area contributed by atoms with Crippen LogP contribution in [-0.4, -0.2) is 20.9 Å². The highest BCUT2D eigenvalue weighted by Gasteiger charge is 2.19. The molecule has 0 saturated carbocycles. The van der Waals surface area contributed by atoms with Crippen LogP contribution in [0.5, 0.6) is 5.88 Å². The molecule has 1 aliphatic rings. The number of aromatic nitrogens is 2. The zero-order chi connectivity index (χ0) is 14.4. The highest BCUT2D eigenvalue weighted by Crippen LogP contribution is 2.39. The van der Waals surface area contributed by atoms with E-state index in [-0.39, 0.29) is 16.6 Å². The highest BCUT2D eigenvalue weighted by atomic mass is 35.5. The Bertz CT molecular complexity index is 833. The number of aromatic hydroxyl groups is 1. The van der Waals surface area contributed by atoms with Crippen LogP contribution in [-0.2, 0) is 7.05 Å². The lowest BCUT2D eigenvalue weighted by atomic mass is 10.1. The van der Waals surface area contributed by atoms with E-state index in [0.29, 0.717) is 16.8 Å². The summed E-state index contributed by atoms with van der Waals surface area (Å²) in [7, 11) is 1.44. The molecule has 0 fully saturated rings. The van der Waals surface area contributed by atoms with Crippen LogP contribution in [0.3, 0.4) is 0 Å². The largest absolute Gasteiger partial charge is 0.493 e. The number of allylic oxidation sites excluding steroid dienone is 1. The molecule has 7 heteroatoms. The van der Waals surface area contributed by atoms with Gasteiger partial charge in [-0.3, -0.25) is 9.56 Å². The first kappa shape index (κ1) is 12.7. The molecule has 2 heterocycles. The summed E-state index contributed by atoms with van der Waals surface area (Å²) in [5.74, 6) is -0.725. The summed E-state index contributed by atoms with van der Waals surface area (Å²) < 4.78 is 14.4. The van der Waals surface area contributed by atoms with Crippen molar-refractivity contribution in [1.82, 2.24) is 9.55 Å². The number of nitrogens with one attached hydrogen (secondary N) is 1. The normalized spacial score (nSPS) is 15.1. The Morgan fingerprint density at radius 1 is 1.50 bits per heavy atom. The molecule has 1 aromatic heterocycles. The number of aliphatic imine (C=N–C) groups is 1. The van der Waals surface area contributed by atoms with E-state index in [4.69, 9.17) is 11.6 Å². The van der Waals surface area contributed by atoms with Gasteiger partial charge in [-0.15, -0.1) is 0 Å². The summed E-state index contributed by atoms with van der Waals surface area (Å²) >= 11 is 5.84. The van der Waals surface area contributed by atoms with Crippen LogP contribution in [0, 0.1) is 5.82 Å². The number of imidazole rings is 1. The number of hydrogen-bond acceptors (Lipinski definition) is 3. The topological polar surface area (TPSA) is 70.4 Å². The predicted molar refractivity (Wildman–Crippen MR) is 75.1 cm³/mol. The minimum atomic E-state index is -0.542. The number of aromatic amines is 1. The lowest BCUT2D eigenvalue weighted by Crippen LogP contribution is -2.11. The average molecular weight is 294 g/mol. The van der Waals surface area contributed by atoms with E-state index in [2.05, 4.69) is 9.98 Å². The average Bonchev–Trinajstić information content (AvgIpc) is 2.93. The first-order valence-electron chi connectivity index (χ1n) is 5.71. The third-order valence-corrected chi connectivity index (χ3v) is 3.48. The zero-order valence-corrected chi connectivity index (χ0v) is 11.1. The molecule has 0 saturated heterocycles. The predicted octanol–water partition coefficient (Wildman–Crippen LogP) is 2.47. The van der Waals surface area contributed by atoms with Gasteiger partial charge in [0.25, 0.3) is 0 Å². The van der Waals surface area contributed by atoms with E-state index >= 15 is 0 Å². The maximum absolute atomic E-state index is 13.3. The number of hydrogen-bond donors (Lipinski definition) is 2. The van der Waals surface area contributed by atoms with Crippen LogP contribution in [0.25, 0.3) is 11.6 Å². The molecule has 5 nitrogen and oxygen atoms in total. The van der Waals surface area contributed by atoms with Gasteiger partial charge in [0.15, 0.2) is 0 Å². The quantitative estimate of drug-likeness (QED) is 0.848. The van der Waals surface area contributed by atoms with Gasteiger partial charge < -0.3 is 10.1 Å². The fraction of sp³-hybridized carbons (Fsp3) is 0.0769.